The van der Waals surface area contributed by atoms with Crippen molar-refractivity contribution in [2.24, 2.45) is 5.41 Å². The number of carbonyl (C=O) groups is 2. The van der Waals surface area contributed by atoms with Crippen LogP contribution in [0, 0.1) is 5.41 Å². The second-order valence-electron chi connectivity index (χ2n) is 5.60. The number of hydrogen-bond donors (Lipinski definition) is 0. The molecule has 0 fully saturated rings. The molecule has 0 aliphatic carbocycles. The summed E-state index contributed by atoms with van der Waals surface area (Å²) in [6.07, 6.45) is 0.695. The first kappa shape index (κ1) is 18.0. The highest BCUT2D eigenvalue weighted by molar-refractivity contribution is 5.97. The van der Waals surface area contributed by atoms with Crippen molar-refractivity contribution < 1.29 is 23.8 Å². The molecule has 0 saturated carbocycles. The van der Waals surface area contributed by atoms with Crippen molar-refractivity contribution in [3.8, 4) is 11.5 Å². The SMILES string of the molecule is CCOC(=O)C(C)(C)CCC(=O)c1ccc(OC)c(OC)c1. The highest BCUT2D eigenvalue weighted by Crippen LogP contribution is 2.29. The Morgan fingerprint density at radius 1 is 1.09 bits per heavy atom. The standard InChI is InChI=1S/C17H24O5/c1-6-22-16(19)17(2,3)10-9-13(18)12-7-8-14(20-4)15(11-12)21-5/h7-8,11H,6,9-10H2,1-5H3. The summed E-state index contributed by atoms with van der Waals surface area (Å²) in [4.78, 5) is 24.1. The second kappa shape index (κ2) is 7.82. The monoisotopic (exact) mass is 308 g/mol. The molecule has 1 aromatic rings. The van der Waals surface area contributed by atoms with E-state index in [1.165, 1.54) is 7.11 Å². The van der Waals surface area contributed by atoms with Gasteiger partial charge in [-0.1, -0.05) is 0 Å². The van der Waals surface area contributed by atoms with E-state index in [9.17, 15) is 9.59 Å². The van der Waals surface area contributed by atoms with Crippen molar-refractivity contribution in [1.82, 2.24) is 0 Å². The van der Waals surface area contributed by atoms with Gasteiger partial charge in [0.15, 0.2) is 17.3 Å². The maximum Gasteiger partial charge on any atom is 0.311 e. The van der Waals surface area contributed by atoms with E-state index in [-0.39, 0.29) is 18.2 Å². The molecule has 0 heterocycles. The van der Waals surface area contributed by atoms with E-state index < -0.39 is 5.41 Å². The van der Waals surface area contributed by atoms with Gasteiger partial charge in [0.1, 0.15) is 0 Å². The lowest BCUT2D eigenvalue weighted by Gasteiger charge is -2.21. The fraction of sp³-hybridized carbons (Fsp3) is 0.529. The molecule has 5 nitrogen and oxygen atoms in total. The summed E-state index contributed by atoms with van der Waals surface area (Å²) in [6, 6.07) is 5.04. The maximum atomic E-state index is 12.3. The fourth-order valence-corrected chi connectivity index (χ4v) is 2.01. The quantitative estimate of drug-likeness (QED) is 0.545. The number of esters is 1. The lowest BCUT2D eigenvalue weighted by atomic mass is 9.86. The van der Waals surface area contributed by atoms with Gasteiger partial charge in [0.25, 0.3) is 0 Å². The van der Waals surface area contributed by atoms with Gasteiger partial charge < -0.3 is 14.2 Å². The van der Waals surface area contributed by atoms with Gasteiger partial charge in [-0.25, -0.2) is 0 Å². The number of Topliss-reactive ketones (excluding diaryl/α,β-unsaturated/α-hetero) is 1. The van der Waals surface area contributed by atoms with Crippen molar-refractivity contribution >= 4 is 11.8 Å². The van der Waals surface area contributed by atoms with Gasteiger partial charge in [0.2, 0.25) is 0 Å². The third-order valence-electron chi connectivity index (χ3n) is 3.51. The second-order valence-corrected chi connectivity index (χ2v) is 5.60. The Balaban J connectivity index is 2.75. The van der Waals surface area contributed by atoms with Crippen LogP contribution >= 0.6 is 0 Å². The van der Waals surface area contributed by atoms with E-state index in [1.54, 1.807) is 46.1 Å². The largest absolute Gasteiger partial charge is 0.493 e. The third-order valence-corrected chi connectivity index (χ3v) is 3.51. The number of ketones is 1. The molecule has 0 aliphatic rings. The minimum Gasteiger partial charge on any atom is -0.493 e. The van der Waals surface area contributed by atoms with Crippen molar-refractivity contribution in [3.05, 3.63) is 23.8 Å². The van der Waals surface area contributed by atoms with E-state index in [0.717, 1.165) is 0 Å². The average molecular weight is 308 g/mol. The summed E-state index contributed by atoms with van der Waals surface area (Å²) in [7, 11) is 3.07. The summed E-state index contributed by atoms with van der Waals surface area (Å²) >= 11 is 0. The summed E-state index contributed by atoms with van der Waals surface area (Å²) in [5.41, 5.74) is -0.139. The Bertz CT molecular complexity index is 534. The molecule has 0 saturated heterocycles. The lowest BCUT2D eigenvalue weighted by Crippen LogP contribution is -2.27. The van der Waals surface area contributed by atoms with Gasteiger partial charge in [0, 0.05) is 12.0 Å². The van der Waals surface area contributed by atoms with Crippen molar-refractivity contribution in [2.45, 2.75) is 33.6 Å². The molecule has 0 spiro atoms. The number of methoxy groups -OCH3 is 2. The minimum atomic E-state index is -0.678. The lowest BCUT2D eigenvalue weighted by molar-refractivity contribution is -0.153. The number of benzene rings is 1. The third kappa shape index (κ3) is 4.48. The first-order valence-electron chi connectivity index (χ1n) is 7.28. The van der Waals surface area contributed by atoms with E-state index in [4.69, 9.17) is 14.2 Å². The van der Waals surface area contributed by atoms with Crippen LogP contribution in [-0.2, 0) is 9.53 Å². The molecule has 0 radical (unpaired) electrons. The Kier molecular flexibility index (Phi) is 6.40. The molecule has 5 heteroatoms. The van der Waals surface area contributed by atoms with Crippen molar-refractivity contribution in [1.29, 1.82) is 0 Å². The Morgan fingerprint density at radius 2 is 1.73 bits per heavy atom. The Labute approximate surface area is 131 Å². The van der Waals surface area contributed by atoms with Gasteiger partial charge in [-0.2, -0.15) is 0 Å². The molecule has 1 aromatic carbocycles. The van der Waals surface area contributed by atoms with Crippen LogP contribution in [0.5, 0.6) is 11.5 Å². The molecule has 22 heavy (non-hydrogen) atoms. The molecule has 1 rings (SSSR count). The molecule has 0 bridgehead atoms. The number of rotatable bonds is 8. The summed E-state index contributed by atoms with van der Waals surface area (Å²) in [5, 5.41) is 0. The highest BCUT2D eigenvalue weighted by Gasteiger charge is 2.29. The summed E-state index contributed by atoms with van der Waals surface area (Å²) in [6.45, 7) is 5.68. The molecule has 0 unspecified atom stereocenters. The van der Waals surface area contributed by atoms with Gasteiger partial charge in [-0.05, 0) is 45.4 Å². The topological polar surface area (TPSA) is 61.8 Å². The minimum absolute atomic E-state index is 0.0432. The number of carbonyl (C=O) groups excluding carboxylic acids is 2. The van der Waals surface area contributed by atoms with Crippen molar-refractivity contribution in [3.63, 3.8) is 0 Å². The van der Waals surface area contributed by atoms with Crippen LogP contribution in [0.25, 0.3) is 0 Å². The zero-order valence-corrected chi connectivity index (χ0v) is 13.9. The van der Waals surface area contributed by atoms with Crippen LogP contribution in [0.15, 0.2) is 18.2 Å². The molecule has 0 aliphatic heterocycles. The van der Waals surface area contributed by atoms with E-state index in [0.29, 0.717) is 30.1 Å². The first-order valence-corrected chi connectivity index (χ1v) is 7.28. The highest BCUT2D eigenvalue weighted by atomic mass is 16.5. The van der Waals surface area contributed by atoms with Gasteiger partial charge in [-0.3, -0.25) is 9.59 Å². The van der Waals surface area contributed by atoms with Gasteiger partial charge in [0.05, 0.1) is 26.2 Å². The molecule has 0 aromatic heterocycles. The van der Waals surface area contributed by atoms with E-state index in [2.05, 4.69) is 0 Å². The Hall–Kier alpha value is -2.04. The van der Waals surface area contributed by atoms with Gasteiger partial charge in [-0.15, -0.1) is 0 Å². The molecular formula is C17H24O5. The van der Waals surface area contributed by atoms with Crippen LogP contribution in [0.4, 0.5) is 0 Å². The summed E-state index contributed by atoms with van der Waals surface area (Å²) in [5.74, 6) is 0.761. The molecule has 0 N–H and O–H groups in total. The zero-order chi connectivity index (χ0) is 16.8. The van der Waals surface area contributed by atoms with Crippen LogP contribution in [0.2, 0.25) is 0 Å². The first-order chi connectivity index (χ1) is 10.4. The number of ether oxygens (including phenoxy) is 3. The van der Waals surface area contributed by atoms with Gasteiger partial charge >= 0.3 is 5.97 Å². The Morgan fingerprint density at radius 3 is 2.27 bits per heavy atom. The number of hydrogen-bond acceptors (Lipinski definition) is 5. The van der Waals surface area contributed by atoms with E-state index >= 15 is 0 Å². The molecule has 0 amide bonds. The molecular weight excluding hydrogens is 284 g/mol. The average Bonchev–Trinajstić information content (AvgIpc) is 2.52. The predicted octanol–water partition coefficient (Wildman–Crippen LogP) is 3.26. The van der Waals surface area contributed by atoms with Crippen LogP contribution in [-0.4, -0.2) is 32.6 Å². The fourth-order valence-electron chi connectivity index (χ4n) is 2.01. The van der Waals surface area contributed by atoms with Crippen LogP contribution in [0.1, 0.15) is 44.0 Å². The smallest absolute Gasteiger partial charge is 0.311 e. The van der Waals surface area contributed by atoms with Crippen LogP contribution < -0.4 is 9.47 Å². The summed E-state index contributed by atoms with van der Waals surface area (Å²) < 4.78 is 15.4. The molecule has 122 valence electrons. The van der Waals surface area contributed by atoms with Crippen LogP contribution in [0.3, 0.4) is 0 Å². The normalized spacial score (nSPS) is 11.0. The van der Waals surface area contributed by atoms with E-state index in [1.807, 2.05) is 0 Å². The predicted molar refractivity (Wildman–Crippen MR) is 83.5 cm³/mol. The maximum absolute atomic E-state index is 12.3. The zero-order valence-electron chi connectivity index (χ0n) is 13.9. The molecule has 0 atom stereocenters. The van der Waals surface area contributed by atoms with Crippen molar-refractivity contribution in [2.75, 3.05) is 20.8 Å².